The van der Waals surface area contributed by atoms with Gasteiger partial charge in [0.1, 0.15) is 0 Å². The fourth-order valence-electron chi connectivity index (χ4n) is 2.67. The molecule has 1 aromatic carbocycles. The lowest BCUT2D eigenvalue weighted by atomic mass is 9.94. The maximum atomic E-state index is 8.71. The molecule has 2 atom stereocenters. The van der Waals surface area contributed by atoms with E-state index >= 15 is 0 Å². The minimum Gasteiger partial charge on any atom is -0.316 e. The molecule has 2 fully saturated rings. The Balaban J connectivity index is 1.95. The van der Waals surface area contributed by atoms with Gasteiger partial charge in [-0.1, -0.05) is 12.1 Å². The monoisotopic (exact) mass is 184 g/mol. The number of hydrogen-bond donors (Lipinski definition) is 1. The van der Waals surface area contributed by atoms with Crippen LogP contribution in [-0.4, -0.2) is 13.1 Å². The number of piperidine rings is 1. The highest BCUT2D eigenvalue weighted by Crippen LogP contribution is 2.56. The highest BCUT2D eigenvalue weighted by atomic mass is 15.0. The fourth-order valence-corrected chi connectivity index (χ4v) is 2.67. The summed E-state index contributed by atoms with van der Waals surface area (Å²) in [4.78, 5) is 0. The number of nitrogens with zero attached hydrogens (tertiary/aromatic N) is 1. The minimum atomic E-state index is 0.425. The Morgan fingerprint density at radius 1 is 1.36 bits per heavy atom. The maximum Gasteiger partial charge on any atom is 0.0991 e. The van der Waals surface area contributed by atoms with Crippen LogP contribution >= 0.6 is 0 Å². The van der Waals surface area contributed by atoms with Gasteiger partial charge in [-0.05, 0) is 36.6 Å². The summed E-state index contributed by atoms with van der Waals surface area (Å²) in [7, 11) is 0. The molecule has 2 heteroatoms. The third-order valence-electron chi connectivity index (χ3n) is 3.65. The summed E-state index contributed by atoms with van der Waals surface area (Å²) in [5, 5.41) is 12.1. The molecule has 1 heterocycles. The van der Waals surface area contributed by atoms with E-state index in [0.29, 0.717) is 5.41 Å². The second-order valence-electron chi connectivity index (χ2n) is 4.38. The first-order chi connectivity index (χ1) is 6.85. The van der Waals surface area contributed by atoms with Gasteiger partial charge in [0, 0.05) is 12.0 Å². The zero-order chi connectivity index (χ0) is 9.60. The summed E-state index contributed by atoms with van der Waals surface area (Å²) in [5.41, 5.74) is 2.59. The third-order valence-corrected chi connectivity index (χ3v) is 3.65. The molecule has 0 amide bonds. The largest absolute Gasteiger partial charge is 0.316 e. The van der Waals surface area contributed by atoms with E-state index in [9.17, 15) is 0 Å². The topological polar surface area (TPSA) is 35.8 Å². The zero-order valence-electron chi connectivity index (χ0n) is 7.96. The Bertz CT molecular complexity index is 401. The van der Waals surface area contributed by atoms with Gasteiger partial charge in [-0.25, -0.2) is 0 Å². The average molecular weight is 184 g/mol. The van der Waals surface area contributed by atoms with Gasteiger partial charge in [0.15, 0.2) is 0 Å². The normalized spacial score (nSPS) is 33.5. The Labute approximate surface area is 83.6 Å². The lowest BCUT2D eigenvalue weighted by Crippen LogP contribution is -2.19. The number of benzene rings is 1. The van der Waals surface area contributed by atoms with Gasteiger partial charge < -0.3 is 5.32 Å². The van der Waals surface area contributed by atoms with Crippen LogP contribution in [0.2, 0.25) is 0 Å². The minimum absolute atomic E-state index is 0.425. The van der Waals surface area contributed by atoms with Crippen molar-refractivity contribution in [1.29, 1.82) is 5.26 Å². The van der Waals surface area contributed by atoms with Crippen molar-refractivity contribution < 1.29 is 0 Å². The van der Waals surface area contributed by atoms with Crippen molar-refractivity contribution in [2.75, 3.05) is 13.1 Å². The van der Waals surface area contributed by atoms with Crippen LogP contribution in [0.5, 0.6) is 0 Å². The van der Waals surface area contributed by atoms with Crippen molar-refractivity contribution in [2.45, 2.75) is 11.8 Å². The van der Waals surface area contributed by atoms with Gasteiger partial charge in [-0.3, -0.25) is 0 Å². The van der Waals surface area contributed by atoms with Crippen LogP contribution < -0.4 is 5.32 Å². The maximum absolute atomic E-state index is 8.71. The van der Waals surface area contributed by atoms with Gasteiger partial charge >= 0.3 is 0 Å². The molecule has 2 aliphatic rings. The van der Waals surface area contributed by atoms with Gasteiger partial charge in [0.2, 0.25) is 0 Å². The van der Waals surface area contributed by atoms with Crippen LogP contribution in [0, 0.1) is 17.2 Å². The predicted molar refractivity (Wildman–Crippen MR) is 53.8 cm³/mol. The highest BCUT2D eigenvalue weighted by molar-refractivity contribution is 5.41. The molecule has 1 saturated carbocycles. The summed E-state index contributed by atoms with van der Waals surface area (Å²) in [6, 6.07) is 10.2. The molecule has 3 rings (SSSR count). The molecule has 0 unspecified atom stereocenters. The molecule has 0 aromatic heterocycles. The first-order valence-electron chi connectivity index (χ1n) is 5.06. The first-order valence-corrected chi connectivity index (χ1v) is 5.06. The summed E-state index contributed by atoms with van der Waals surface area (Å²) in [6.45, 7) is 2.28. The van der Waals surface area contributed by atoms with Crippen LogP contribution in [0.25, 0.3) is 0 Å². The van der Waals surface area contributed by atoms with Crippen molar-refractivity contribution in [2.24, 2.45) is 5.92 Å². The third kappa shape index (κ3) is 0.935. The lowest BCUT2D eigenvalue weighted by Gasteiger charge is -2.11. The SMILES string of the molecule is N#Cc1ccc([C@]23CNC[C@H]2C3)cc1. The number of rotatable bonds is 1. The molecular formula is C12H12N2. The summed E-state index contributed by atoms with van der Waals surface area (Å²) >= 11 is 0. The van der Waals surface area contributed by atoms with E-state index in [1.54, 1.807) is 0 Å². The molecule has 0 radical (unpaired) electrons. The Morgan fingerprint density at radius 3 is 2.64 bits per heavy atom. The van der Waals surface area contributed by atoms with Crippen molar-refractivity contribution >= 4 is 0 Å². The predicted octanol–water partition coefficient (Wildman–Crippen LogP) is 1.42. The van der Waals surface area contributed by atoms with Crippen molar-refractivity contribution in [1.82, 2.24) is 5.32 Å². The van der Waals surface area contributed by atoms with Crippen LogP contribution in [-0.2, 0) is 5.41 Å². The van der Waals surface area contributed by atoms with Gasteiger partial charge in [-0.2, -0.15) is 5.26 Å². The van der Waals surface area contributed by atoms with Crippen LogP contribution in [0.1, 0.15) is 17.5 Å². The number of nitrogens with one attached hydrogen (secondary N) is 1. The molecule has 2 nitrogen and oxygen atoms in total. The molecule has 1 aromatic rings. The van der Waals surface area contributed by atoms with Crippen LogP contribution in [0.3, 0.4) is 0 Å². The van der Waals surface area contributed by atoms with Crippen LogP contribution in [0.4, 0.5) is 0 Å². The number of fused-ring (bicyclic) bond motifs is 1. The Kier molecular flexibility index (Phi) is 1.48. The van der Waals surface area contributed by atoms with Crippen molar-refractivity contribution in [3.05, 3.63) is 35.4 Å². The van der Waals surface area contributed by atoms with Gasteiger partial charge in [0.05, 0.1) is 11.6 Å². The first kappa shape index (κ1) is 8.02. The summed E-state index contributed by atoms with van der Waals surface area (Å²) in [5.74, 6) is 0.843. The van der Waals surface area contributed by atoms with E-state index < -0.39 is 0 Å². The van der Waals surface area contributed by atoms with E-state index in [2.05, 4.69) is 23.5 Å². The Hall–Kier alpha value is -1.33. The van der Waals surface area contributed by atoms with Crippen LogP contribution in [0.15, 0.2) is 24.3 Å². The quantitative estimate of drug-likeness (QED) is 0.716. The Morgan fingerprint density at radius 2 is 2.14 bits per heavy atom. The molecule has 1 N–H and O–H groups in total. The molecular weight excluding hydrogens is 172 g/mol. The molecule has 70 valence electrons. The van der Waals surface area contributed by atoms with E-state index in [0.717, 1.165) is 18.0 Å². The molecule has 1 aliphatic heterocycles. The molecule has 1 aliphatic carbocycles. The van der Waals surface area contributed by atoms with Gasteiger partial charge in [-0.15, -0.1) is 0 Å². The fraction of sp³-hybridized carbons (Fsp3) is 0.417. The van der Waals surface area contributed by atoms with Crippen molar-refractivity contribution in [3.8, 4) is 6.07 Å². The molecule has 1 saturated heterocycles. The van der Waals surface area contributed by atoms with E-state index in [4.69, 9.17) is 5.26 Å². The average Bonchev–Trinajstić information content (AvgIpc) is 2.82. The molecule has 14 heavy (non-hydrogen) atoms. The number of nitriles is 1. The lowest BCUT2D eigenvalue weighted by molar-refractivity contribution is 0.675. The second kappa shape index (κ2) is 2.59. The smallest absolute Gasteiger partial charge is 0.0991 e. The zero-order valence-corrected chi connectivity index (χ0v) is 7.96. The van der Waals surface area contributed by atoms with E-state index in [1.165, 1.54) is 18.5 Å². The van der Waals surface area contributed by atoms with E-state index in [1.807, 2.05) is 12.1 Å². The van der Waals surface area contributed by atoms with Gasteiger partial charge in [0.25, 0.3) is 0 Å². The summed E-state index contributed by atoms with van der Waals surface area (Å²) < 4.78 is 0. The number of hydrogen-bond acceptors (Lipinski definition) is 2. The highest BCUT2D eigenvalue weighted by Gasteiger charge is 2.57. The molecule has 0 bridgehead atoms. The van der Waals surface area contributed by atoms with E-state index in [-0.39, 0.29) is 0 Å². The molecule has 0 spiro atoms. The standard InChI is InChI=1S/C12H12N2/c13-6-9-1-3-10(4-2-9)12-5-11(12)7-14-8-12/h1-4,11,14H,5,7-8H2/t11-,12+/m1/s1. The van der Waals surface area contributed by atoms with Crippen molar-refractivity contribution in [3.63, 3.8) is 0 Å². The second-order valence-corrected chi connectivity index (χ2v) is 4.38. The summed E-state index contributed by atoms with van der Waals surface area (Å²) in [6.07, 6.45) is 1.33.